The molecule has 1 N–H and O–H groups in total. The summed E-state index contributed by atoms with van der Waals surface area (Å²) in [6, 6.07) is 8.94. The number of benzene rings is 1. The Hall–Kier alpha value is -0.340. The van der Waals surface area contributed by atoms with Crippen molar-refractivity contribution in [3.05, 3.63) is 34.3 Å². The number of nitrogens with one attached hydrogen (secondary N) is 1. The summed E-state index contributed by atoms with van der Waals surface area (Å²) >= 11 is 3.52. The summed E-state index contributed by atoms with van der Waals surface area (Å²) in [5.41, 5.74) is 1.58. The van der Waals surface area contributed by atoms with Crippen molar-refractivity contribution in [2.24, 2.45) is 5.41 Å². The molecule has 0 aromatic heterocycles. The van der Waals surface area contributed by atoms with Gasteiger partial charge in [0, 0.05) is 10.5 Å². The third-order valence-electron chi connectivity index (χ3n) is 2.46. The summed E-state index contributed by atoms with van der Waals surface area (Å²) in [6.07, 6.45) is 0. The smallest absolute Gasteiger partial charge is 0.0369 e. The molecule has 1 nitrogen and oxygen atoms in total. The Kier molecular flexibility index (Phi) is 4.35. The van der Waals surface area contributed by atoms with E-state index in [-0.39, 0.29) is 5.41 Å². The van der Waals surface area contributed by atoms with Gasteiger partial charge in [-0.2, -0.15) is 0 Å². The van der Waals surface area contributed by atoms with Gasteiger partial charge < -0.3 is 5.32 Å². The van der Waals surface area contributed by atoms with Gasteiger partial charge in [-0.3, -0.25) is 0 Å². The average molecular weight is 270 g/mol. The highest BCUT2D eigenvalue weighted by molar-refractivity contribution is 9.10. The minimum Gasteiger partial charge on any atom is -0.310 e. The van der Waals surface area contributed by atoms with Gasteiger partial charge in [0.05, 0.1) is 0 Å². The molecule has 0 bridgehead atoms. The highest BCUT2D eigenvalue weighted by Crippen LogP contribution is 2.33. The Labute approximate surface area is 101 Å². The van der Waals surface area contributed by atoms with Crippen molar-refractivity contribution in [3.8, 4) is 0 Å². The lowest BCUT2D eigenvalue weighted by molar-refractivity contribution is 0.276. The van der Waals surface area contributed by atoms with Crippen LogP contribution in [0.5, 0.6) is 0 Å². The SMILES string of the molecule is CCNC(c1cccc(Br)c1)C(C)(C)C. The van der Waals surface area contributed by atoms with E-state index in [9.17, 15) is 0 Å². The van der Waals surface area contributed by atoms with Gasteiger partial charge in [0.25, 0.3) is 0 Å². The average Bonchev–Trinajstić information content (AvgIpc) is 2.12. The molecule has 1 atom stereocenters. The molecule has 0 heterocycles. The van der Waals surface area contributed by atoms with Gasteiger partial charge in [0.2, 0.25) is 0 Å². The van der Waals surface area contributed by atoms with Crippen molar-refractivity contribution < 1.29 is 0 Å². The molecule has 0 saturated carbocycles. The molecule has 1 unspecified atom stereocenters. The monoisotopic (exact) mass is 269 g/mol. The first-order chi connectivity index (χ1) is 6.95. The molecular formula is C13H20BrN. The van der Waals surface area contributed by atoms with E-state index in [4.69, 9.17) is 0 Å². The largest absolute Gasteiger partial charge is 0.310 e. The van der Waals surface area contributed by atoms with Gasteiger partial charge in [-0.05, 0) is 29.7 Å². The third kappa shape index (κ3) is 3.62. The Bertz CT molecular complexity index is 315. The number of hydrogen-bond donors (Lipinski definition) is 1. The summed E-state index contributed by atoms with van der Waals surface area (Å²) in [5, 5.41) is 3.55. The minimum absolute atomic E-state index is 0.233. The van der Waals surface area contributed by atoms with Crippen LogP contribution in [0.2, 0.25) is 0 Å². The second-order valence-electron chi connectivity index (χ2n) is 4.91. The quantitative estimate of drug-likeness (QED) is 0.870. The second kappa shape index (κ2) is 5.13. The fourth-order valence-corrected chi connectivity index (χ4v) is 2.23. The fraction of sp³-hybridized carbons (Fsp3) is 0.538. The van der Waals surface area contributed by atoms with Gasteiger partial charge >= 0.3 is 0 Å². The molecule has 1 aromatic carbocycles. The zero-order chi connectivity index (χ0) is 11.5. The van der Waals surface area contributed by atoms with Gasteiger partial charge in [0.15, 0.2) is 0 Å². The van der Waals surface area contributed by atoms with Crippen LogP contribution < -0.4 is 5.32 Å². The van der Waals surface area contributed by atoms with Crippen LogP contribution in [-0.2, 0) is 0 Å². The van der Waals surface area contributed by atoms with Crippen LogP contribution in [0.3, 0.4) is 0 Å². The summed E-state index contributed by atoms with van der Waals surface area (Å²) in [6.45, 7) is 9.94. The molecule has 0 fully saturated rings. The molecule has 0 aliphatic heterocycles. The number of halogens is 1. The van der Waals surface area contributed by atoms with E-state index in [1.165, 1.54) is 5.56 Å². The van der Waals surface area contributed by atoms with Gasteiger partial charge in [0.1, 0.15) is 0 Å². The van der Waals surface area contributed by atoms with Crippen molar-refractivity contribution in [3.63, 3.8) is 0 Å². The fourth-order valence-electron chi connectivity index (χ4n) is 1.81. The predicted molar refractivity (Wildman–Crippen MR) is 70.0 cm³/mol. The minimum atomic E-state index is 0.233. The van der Waals surface area contributed by atoms with Gasteiger partial charge in [-0.15, -0.1) is 0 Å². The molecule has 1 aromatic rings. The van der Waals surface area contributed by atoms with E-state index in [2.05, 4.69) is 73.2 Å². The van der Waals surface area contributed by atoms with E-state index in [1.807, 2.05) is 0 Å². The van der Waals surface area contributed by atoms with Crippen LogP contribution in [0, 0.1) is 5.41 Å². The summed E-state index contributed by atoms with van der Waals surface area (Å²) in [7, 11) is 0. The molecule has 1 rings (SSSR count). The van der Waals surface area contributed by atoms with Crippen LogP contribution >= 0.6 is 15.9 Å². The van der Waals surface area contributed by atoms with Crippen LogP contribution in [0.1, 0.15) is 39.3 Å². The summed E-state index contributed by atoms with van der Waals surface area (Å²) in [4.78, 5) is 0. The Morgan fingerprint density at radius 3 is 2.47 bits per heavy atom. The van der Waals surface area contributed by atoms with E-state index < -0.39 is 0 Å². The van der Waals surface area contributed by atoms with Crippen molar-refractivity contribution in [1.29, 1.82) is 0 Å². The normalized spacial score (nSPS) is 13.9. The first-order valence-electron chi connectivity index (χ1n) is 5.44. The van der Waals surface area contributed by atoms with Gasteiger partial charge in [-0.25, -0.2) is 0 Å². The molecule has 84 valence electrons. The van der Waals surface area contributed by atoms with Crippen LogP contribution in [0.15, 0.2) is 28.7 Å². The molecule has 0 radical (unpaired) electrons. The van der Waals surface area contributed by atoms with Crippen LogP contribution in [-0.4, -0.2) is 6.54 Å². The second-order valence-corrected chi connectivity index (χ2v) is 5.83. The maximum absolute atomic E-state index is 3.55. The Balaban J connectivity index is 2.99. The lowest BCUT2D eigenvalue weighted by Gasteiger charge is -2.32. The third-order valence-corrected chi connectivity index (χ3v) is 2.95. The summed E-state index contributed by atoms with van der Waals surface area (Å²) in [5.74, 6) is 0. The molecule has 0 saturated heterocycles. The van der Waals surface area contributed by atoms with Crippen LogP contribution in [0.25, 0.3) is 0 Å². The maximum Gasteiger partial charge on any atom is 0.0369 e. The standard InChI is InChI=1S/C13H20BrN/c1-5-15-12(13(2,3)4)10-7-6-8-11(14)9-10/h6-9,12,15H,5H2,1-4H3. The van der Waals surface area contributed by atoms with Crippen molar-refractivity contribution in [2.75, 3.05) is 6.54 Å². The molecule has 0 amide bonds. The number of hydrogen-bond acceptors (Lipinski definition) is 1. The molecule has 0 aliphatic carbocycles. The lowest BCUT2D eigenvalue weighted by Crippen LogP contribution is -2.32. The highest BCUT2D eigenvalue weighted by Gasteiger charge is 2.25. The van der Waals surface area contributed by atoms with Crippen molar-refractivity contribution in [1.82, 2.24) is 5.32 Å². The lowest BCUT2D eigenvalue weighted by atomic mass is 9.82. The topological polar surface area (TPSA) is 12.0 Å². The molecule has 2 heteroatoms. The maximum atomic E-state index is 3.55. The van der Waals surface area contributed by atoms with E-state index in [1.54, 1.807) is 0 Å². The van der Waals surface area contributed by atoms with E-state index in [0.717, 1.165) is 11.0 Å². The molecule has 0 spiro atoms. The molecule has 0 aliphatic rings. The van der Waals surface area contributed by atoms with E-state index >= 15 is 0 Å². The van der Waals surface area contributed by atoms with Crippen molar-refractivity contribution >= 4 is 15.9 Å². The first-order valence-corrected chi connectivity index (χ1v) is 6.23. The molecule has 15 heavy (non-hydrogen) atoms. The zero-order valence-corrected chi connectivity index (χ0v) is 11.6. The van der Waals surface area contributed by atoms with Crippen molar-refractivity contribution in [2.45, 2.75) is 33.7 Å². The number of rotatable bonds is 3. The van der Waals surface area contributed by atoms with Crippen LogP contribution in [0.4, 0.5) is 0 Å². The first kappa shape index (κ1) is 12.7. The summed E-state index contributed by atoms with van der Waals surface area (Å²) < 4.78 is 1.15. The molecular weight excluding hydrogens is 250 g/mol. The van der Waals surface area contributed by atoms with Gasteiger partial charge in [-0.1, -0.05) is 55.8 Å². The predicted octanol–water partition coefficient (Wildman–Crippen LogP) is 4.15. The highest BCUT2D eigenvalue weighted by atomic mass is 79.9. The zero-order valence-electron chi connectivity index (χ0n) is 9.97. The Morgan fingerprint density at radius 1 is 1.33 bits per heavy atom. The van der Waals surface area contributed by atoms with E-state index in [0.29, 0.717) is 6.04 Å². The Morgan fingerprint density at radius 2 is 2.00 bits per heavy atom.